The van der Waals surface area contributed by atoms with Crippen LogP contribution in [0.4, 0.5) is 11.4 Å². The Morgan fingerprint density at radius 1 is 0.912 bits per heavy atom. The van der Waals surface area contributed by atoms with Gasteiger partial charge in [0.25, 0.3) is 0 Å². The number of aryl methyl sites for hydroxylation is 1. The van der Waals surface area contributed by atoms with E-state index in [0.717, 1.165) is 30.5 Å². The first-order chi connectivity index (χ1) is 16.4. The lowest BCUT2D eigenvalue weighted by molar-refractivity contribution is -0.139. The standard InChI is InChI=1S/C27H26N2O5/c1-15-3-2-4-20(11-15)28-14-18(13-22(28)30)27(33)34-21-9-7-19(8-10-21)29-25(31)23-16-5-6-17(12-16)24(23)26(29)32/h2-4,7-11,16-18,23-24H,5-6,12-14H2,1H3/t16-,17+,18-,23+,24+/m1/s1. The van der Waals surface area contributed by atoms with Crippen LogP contribution in [0.1, 0.15) is 31.2 Å². The highest BCUT2D eigenvalue weighted by molar-refractivity contribution is 6.22. The van der Waals surface area contributed by atoms with E-state index in [9.17, 15) is 19.2 Å². The Morgan fingerprint density at radius 2 is 1.59 bits per heavy atom. The molecular formula is C27H26N2O5. The summed E-state index contributed by atoms with van der Waals surface area (Å²) in [5, 5.41) is 0. The van der Waals surface area contributed by atoms with Crippen LogP contribution in [0.25, 0.3) is 0 Å². The Hall–Kier alpha value is -3.48. The van der Waals surface area contributed by atoms with E-state index in [1.54, 1.807) is 29.2 Å². The van der Waals surface area contributed by atoms with Crippen LogP contribution in [-0.4, -0.2) is 30.2 Å². The van der Waals surface area contributed by atoms with Gasteiger partial charge in [-0.2, -0.15) is 0 Å². The van der Waals surface area contributed by atoms with E-state index in [0.29, 0.717) is 23.3 Å². The van der Waals surface area contributed by atoms with Crippen molar-refractivity contribution in [3.8, 4) is 5.75 Å². The summed E-state index contributed by atoms with van der Waals surface area (Å²) in [7, 11) is 0. The summed E-state index contributed by atoms with van der Waals surface area (Å²) >= 11 is 0. The fourth-order valence-electron chi connectivity index (χ4n) is 6.44. The van der Waals surface area contributed by atoms with E-state index < -0.39 is 11.9 Å². The second-order valence-electron chi connectivity index (χ2n) is 10.1. The molecule has 2 aromatic rings. The van der Waals surface area contributed by atoms with E-state index in [4.69, 9.17) is 4.74 Å². The molecule has 2 saturated heterocycles. The van der Waals surface area contributed by atoms with Crippen LogP contribution >= 0.6 is 0 Å². The van der Waals surface area contributed by atoms with Gasteiger partial charge in [0.2, 0.25) is 17.7 Å². The lowest BCUT2D eigenvalue weighted by atomic mass is 9.81. The number of hydrogen-bond acceptors (Lipinski definition) is 5. The van der Waals surface area contributed by atoms with Crippen LogP contribution in [0, 0.1) is 36.5 Å². The van der Waals surface area contributed by atoms with Gasteiger partial charge < -0.3 is 9.64 Å². The molecule has 2 aliphatic heterocycles. The number of imide groups is 1. The van der Waals surface area contributed by atoms with Gasteiger partial charge in [0.15, 0.2) is 0 Å². The summed E-state index contributed by atoms with van der Waals surface area (Å²) < 4.78 is 5.54. The molecule has 6 rings (SSSR count). The van der Waals surface area contributed by atoms with Crippen LogP contribution in [0.2, 0.25) is 0 Å². The highest BCUT2D eigenvalue weighted by Gasteiger charge is 2.61. The normalized spacial score (nSPS) is 29.8. The number of hydrogen-bond donors (Lipinski definition) is 0. The Morgan fingerprint density at radius 3 is 2.24 bits per heavy atom. The Balaban J connectivity index is 1.12. The summed E-state index contributed by atoms with van der Waals surface area (Å²) in [6.45, 7) is 2.24. The Kier molecular flexibility index (Phi) is 4.83. The van der Waals surface area contributed by atoms with Crippen LogP contribution in [0.3, 0.4) is 0 Å². The number of nitrogens with zero attached hydrogens (tertiary/aromatic N) is 2. The van der Waals surface area contributed by atoms with E-state index in [-0.39, 0.29) is 42.5 Å². The lowest BCUT2D eigenvalue weighted by Crippen LogP contribution is -2.32. The quantitative estimate of drug-likeness (QED) is 0.398. The van der Waals surface area contributed by atoms with Crippen molar-refractivity contribution >= 4 is 35.1 Å². The highest BCUT2D eigenvalue weighted by Crippen LogP contribution is 2.56. The molecule has 2 heterocycles. The van der Waals surface area contributed by atoms with E-state index in [1.807, 2.05) is 31.2 Å². The average molecular weight is 459 g/mol. The molecule has 4 fully saturated rings. The van der Waals surface area contributed by atoms with Crippen molar-refractivity contribution in [2.24, 2.45) is 29.6 Å². The zero-order valence-corrected chi connectivity index (χ0v) is 19.0. The van der Waals surface area contributed by atoms with Crippen molar-refractivity contribution in [1.82, 2.24) is 0 Å². The van der Waals surface area contributed by atoms with Gasteiger partial charge in [-0.05, 0) is 80.0 Å². The first kappa shape index (κ1) is 21.1. The minimum absolute atomic E-state index is 0.0901. The maximum atomic E-state index is 13.0. The van der Waals surface area contributed by atoms with Crippen LogP contribution in [0.15, 0.2) is 48.5 Å². The molecule has 7 nitrogen and oxygen atoms in total. The molecule has 34 heavy (non-hydrogen) atoms. The molecule has 4 aliphatic rings. The first-order valence-corrected chi connectivity index (χ1v) is 12.0. The molecular weight excluding hydrogens is 432 g/mol. The molecule has 3 amide bonds. The fourth-order valence-corrected chi connectivity index (χ4v) is 6.44. The minimum atomic E-state index is -0.552. The van der Waals surface area contributed by atoms with Crippen molar-refractivity contribution in [3.05, 3.63) is 54.1 Å². The number of anilines is 2. The first-order valence-electron chi connectivity index (χ1n) is 12.0. The van der Waals surface area contributed by atoms with E-state index in [2.05, 4.69) is 0 Å². The molecule has 174 valence electrons. The third kappa shape index (κ3) is 3.25. The van der Waals surface area contributed by atoms with Crippen LogP contribution < -0.4 is 14.5 Å². The topological polar surface area (TPSA) is 84.0 Å². The van der Waals surface area contributed by atoms with Gasteiger partial charge >= 0.3 is 5.97 Å². The molecule has 2 aliphatic carbocycles. The number of rotatable bonds is 4. The van der Waals surface area contributed by atoms with Crippen molar-refractivity contribution in [2.75, 3.05) is 16.3 Å². The smallest absolute Gasteiger partial charge is 0.316 e. The van der Waals surface area contributed by atoms with Gasteiger partial charge in [0.1, 0.15) is 5.75 Å². The summed E-state index contributed by atoms with van der Waals surface area (Å²) in [6.07, 6.45) is 3.18. The van der Waals surface area contributed by atoms with E-state index >= 15 is 0 Å². The summed E-state index contributed by atoms with van der Waals surface area (Å²) in [5.74, 6) is -0.626. The van der Waals surface area contributed by atoms with Crippen LogP contribution in [-0.2, 0) is 19.2 Å². The maximum Gasteiger partial charge on any atom is 0.316 e. The maximum absolute atomic E-state index is 13.0. The predicted molar refractivity (Wildman–Crippen MR) is 124 cm³/mol. The Labute approximate surface area is 197 Å². The number of fused-ring (bicyclic) bond motifs is 5. The number of ether oxygens (including phenoxy) is 1. The number of benzene rings is 2. The molecule has 2 aromatic carbocycles. The third-order valence-corrected chi connectivity index (χ3v) is 8.01. The zero-order valence-electron chi connectivity index (χ0n) is 19.0. The monoisotopic (exact) mass is 458 g/mol. The number of carbonyl (C=O) groups excluding carboxylic acids is 4. The van der Waals surface area contributed by atoms with Gasteiger partial charge in [-0.1, -0.05) is 12.1 Å². The lowest BCUT2D eigenvalue weighted by Gasteiger charge is -2.19. The molecule has 5 atom stereocenters. The SMILES string of the molecule is Cc1cccc(N2C[C@H](C(=O)Oc3ccc(N4C(=O)[C@H]5[C@@H]6CC[C@@H](C6)[C@@H]5C4=O)cc3)CC2=O)c1. The Bertz CT molecular complexity index is 1180. The van der Waals surface area contributed by atoms with Gasteiger partial charge in [0.05, 0.1) is 23.4 Å². The molecule has 2 bridgehead atoms. The van der Waals surface area contributed by atoms with E-state index in [1.165, 1.54) is 4.90 Å². The summed E-state index contributed by atoms with van der Waals surface area (Å²) in [4.78, 5) is 54.2. The number of esters is 1. The predicted octanol–water partition coefficient (Wildman–Crippen LogP) is 3.49. The third-order valence-electron chi connectivity index (χ3n) is 8.01. The van der Waals surface area contributed by atoms with Crippen molar-refractivity contribution in [3.63, 3.8) is 0 Å². The molecule has 0 spiro atoms. The highest BCUT2D eigenvalue weighted by atomic mass is 16.5. The summed E-state index contributed by atoms with van der Waals surface area (Å²) in [5.41, 5.74) is 2.34. The molecule has 7 heteroatoms. The van der Waals surface area contributed by atoms with Gasteiger partial charge in [-0.3, -0.25) is 24.1 Å². The molecule has 0 N–H and O–H groups in total. The zero-order chi connectivity index (χ0) is 23.6. The van der Waals surface area contributed by atoms with Crippen molar-refractivity contribution in [1.29, 1.82) is 0 Å². The molecule has 0 aromatic heterocycles. The van der Waals surface area contributed by atoms with Gasteiger partial charge in [0, 0.05) is 18.7 Å². The largest absolute Gasteiger partial charge is 0.426 e. The number of carbonyl (C=O) groups is 4. The second-order valence-corrected chi connectivity index (χ2v) is 10.1. The summed E-state index contributed by atoms with van der Waals surface area (Å²) in [6, 6.07) is 14.1. The second kappa shape index (κ2) is 7.79. The van der Waals surface area contributed by atoms with Crippen LogP contribution in [0.5, 0.6) is 5.75 Å². The van der Waals surface area contributed by atoms with Crippen molar-refractivity contribution < 1.29 is 23.9 Å². The van der Waals surface area contributed by atoms with Crippen molar-refractivity contribution in [2.45, 2.75) is 32.6 Å². The van der Waals surface area contributed by atoms with Gasteiger partial charge in [-0.15, -0.1) is 0 Å². The minimum Gasteiger partial charge on any atom is -0.426 e. The number of amides is 3. The molecule has 0 radical (unpaired) electrons. The fraction of sp³-hybridized carbons (Fsp3) is 0.407. The molecule has 0 unspecified atom stereocenters. The average Bonchev–Trinajstić information content (AvgIpc) is 3.58. The molecule has 2 saturated carbocycles. The van der Waals surface area contributed by atoms with Gasteiger partial charge in [-0.25, -0.2) is 0 Å².